The fraction of sp³-hybridized carbons (Fsp3) is 0.0909. The van der Waals surface area contributed by atoms with Crippen LogP contribution in [0.25, 0.3) is 10.9 Å². The van der Waals surface area contributed by atoms with Crippen LogP contribution in [0.15, 0.2) is 85.2 Å². The molecule has 0 radical (unpaired) electrons. The van der Waals surface area contributed by atoms with Gasteiger partial charge in [0, 0.05) is 36.4 Å². The van der Waals surface area contributed by atoms with Gasteiger partial charge in [-0.25, -0.2) is 0 Å². The van der Waals surface area contributed by atoms with Gasteiger partial charge in [-0.15, -0.1) is 0 Å². The third kappa shape index (κ3) is 3.35. The van der Waals surface area contributed by atoms with Crippen LogP contribution in [0.5, 0.6) is 0 Å². The Balaban J connectivity index is 1.65. The molecule has 0 aliphatic carbocycles. The molecule has 0 fully saturated rings. The average Bonchev–Trinajstić information content (AvgIpc) is 3.06. The van der Waals surface area contributed by atoms with Crippen LogP contribution in [0.3, 0.4) is 0 Å². The molecule has 2 heterocycles. The maximum absolute atomic E-state index is 12.9. The number of nitrogens with zero attached hydrogens (tertiary/aromatic N) is 2. The van der Waals surface area contributed by atoms with Gasteiger partial charge in [-0.05, 0) is 35.4 Å². The van der Waals surface area contributed by atoms with Gasteiger partial charge in [0.15, 0.2) is 0 Å². The molecule has 4 aromatic rings. The number of hydrogen-bond acceptors (Lipinski definition) is 2. The number of fused-ring (bicyclic) bond motifs is 1. The molecule has 0 saturated heterocycles. The Morgan fingerprint density at radius 3 is 2.42 bits per heavy atom. The lowest BCUT2D eigenvalue weighted by Gasteiger charge is -2.11. The van der Waals surface area contributed by atoms with E-state index in [-0.39, 0.29) is 5.91 Å². The minimum absolute atomic E-state index is 0.0703. The molecule has 4 rings (SSSR count). The Morgan fingerprint density at radius 2 is 1.62 bits per heavy atom. The van der Waals surface area contributed by atoms with Crippen LogP contribution in [-0.2, 0) is 13.1 Å². The zero-order chi connectivity index (χ0) is 17.8. The first-order chi connectivity index (χ1) is 12.8. The molecule has 0 aliphatic heterocycles. The monoisotopic (exact) mass is 341 g/mol. The van der Waals surface area contributed by atoms with Gasteiger partial charge in [0.25, 0.3) is 5.91 Å². The summed E-state index contributed by atoms with van der Waals surface area (Å²) in [5.41, 5.74) is 3.91. The van der Waals surface area contributed by atoms with Crippen molar-refractivity contribution < 1.29 is 4.79 Å². The summed E-state index contributed by atoms with van der Waals surface area (Å²) < 4.78 is 2.06. The normalized spacial score (nSPS) is 10.8. The predicted octanol–water partition coefficient (Wildman–Crippen LogP) is 4.01. The lowest BCUT2D eigenvalue weighted by atomic mass is 10.2. The SMILES string of the molecule is O=C(NCc1ccccc1)c1cc2ccccc2n1Cc1ccncc1. The number of para-hydroxylation sites is 1. The number of rotatable bonds is 5. The van der Waals surface area contributed by atoms with Crippen molar-refractivity contribution in [3.05, 3.63) is 102 Å². The third-order valence-corrected chi connectivity index (χ3v) is 4.43. The van der Waals surface area contributed by atoms with Crippen LogP contribution in [-0.4, -0.2) is 15.5 Å². The second-order valence-electron chi connectivity index (χ2n) is 6.20. The van der Waals surface area contributed by atoms with Crippen molar-refractivity contribution in [1.29, 1.82) is 0 Å². The molecule has 0 bridgehead atoms. The van der Waals surface area contributed by atoms with Gasteiger partial charge in [-0.2, -0.15) is 0 Å². The summed E-state index contributed by atoms with van der Waals surface area (Å²) in [4.78, 5) is 16.9. The van der Waals surface area contributed by atoms with Gasteiger partial charge in [-0.3, -0.25) is 9.78 Å². The van der Waals surface area contributed by atoms with E-state index in [0.717, 1.165) is 22.0 Å². The van der Waals surface area contributed by atoms with E-state index in [2.05, 4.69) is 14.9 Å². The highest BCUT2D eigenvalue weighted by atomic mass is 16.1. The molecule has 0 spiro atoms. The summed E-state index contributed by atoms with van der Waals surface area (Å²) in [7, 11) is 0. The smallest absolute Gasteiger partial charge is 0.268 e. The first-order valence-corrected chi connectivity index (χ1v) is 8.60. The summed E-state index contributed by atoms with van der Waals surface area (Å²) in [6, 6.07) is 23.9. The number of benzene rings is 2. The minimum atomic E-state index is -0.0703. The maximum Gasteiger partial charge on any atom is 0.268 e. The number of hydrogen-bond donors (Lipinski definition) is 1. The Hall–Kier alpha value is -3.40. The van der Waals surface area contributed by atoms with Gasteiger partial charge in [-0.1, -0.05) is 48.5 Å². The standard InChI is InChI=1S/C22H19N3O/c26-22(24-15-17-6-2-1-3-7-17)21-14-19-8-4-5-9-20(19)25(21)16-18-10-12-23-13-11-18/h1-14H,15-16H2,(H,24,26). The molecular formula is C22H19N3O. The average molecular weight is 341 g/mol. The highest BCUT2D eigenvalue weighted by Gasteiger charge is 2.15. The van der Waals surface area contributed by atoms with E-state index in [1.54, 1.807) is 12.4 Å². The maximum atomic E-state index is 12.9. The molecule has 0 atom stereocenters. The second kappa shape index (κ2) is 7.23. The summed E-state index contributed by atoms with van der Waals surface area (Å²) in [6.45, 7) is 1.14. The highest BCUT2D eigenvalue weighted by Crippen LogP contribution is 2.21. The summed E-state index contributed by atoms with van der Waals surface area (Å²) >= 11 is 0. The zero-order valence-electron chi connectivity index (χ0n) is 14.3. The molecule has 4 heteroatoms. The van der Waals surface area contributed by atoms with Crippen molar-refractivity contribution in [3.8, 4) is 0 Å². The van der Waals surface area contributed by atoms with Gasteiger partial charge < -0.3 is 9.88 Å². The van der Waals surface area contributed by atoms with E-state index in [1.807, 2.05) is 72.8 Å². The van der Waals surface area contributed by atoms with Crippen LogP contribution in [0.4, 0.5) is 0 Å². The molecule has 26 heavy (non-hydrogen) atoms. The van der Waals surface area contributed by atoms with Crippen molar-refractivity contribution in [1.82, 2.24) is 14.9 Å². The molecule has 128 valence electrons. The lowest BCUT2D eigenvalue weighted by molar-refractivity contribution is 0.0942. The number of aromatic nitrogens is 2. The quantitative estimate of drug-likeness (QED) is 0.596. The van der Waals surface area contributed by atoms with Gasteiger partial charge >= 0.3 is 0 Å². The summed E-state index contributed by atoms with van der Waals surface area (Å²) in [5.74, 6) is -0.0703. The molecule has 0 aliphatic rings. The number of carbonyl (C=O) groups is 1. The van der Waals surface area contributed by atoms with E-state index in [4.69, 9.17) is 0 Å². The first kappa shape index (κ1) is 16.1. The molecule has 4 nitrogen and oxygen atoms in total. The van der Waals surface area contributed by atoms with Crippen LogP contribution >= 0.6 is 0 Å². The van der Waals surface area contributed by atoms with Crippen molar-refractivity contribution in [3.63, 3.8) is 0 Å². The van der Waals surface area contributed by atoms with Crippen LogP contribution in [0.1, 0.15) is 21.6 Å². The fourth-order valence-corrected chi connectivity index (χ4v) is 3.11. The molecule has 2 aromatic carbocycles. The Bertz CT molecular complexity index is 1020. The largest absolute Gasteiger partial charge is 0.347 e. The summed E-state index contributed by atoms with van der Waals surface area (Å²) in [6.07, 6.45) is 3.55. The lowest BCUT2D eigenvalue weighted by Crippen LogP contribution is -2.25. The second-order valence-corrected chi connectivity index (χ2v) is 6.20. The molecule has 0 saturated carbocycles. The molecule has 2 aromatic heterocycles. The van der Waals surface area contributed by atoms with E-state index < -0.39 is 0 Å². The first-order valence-electron chi connectivity index (χ1n) is 8.60. The van der Waals surface area contributed by atoms with Crippen molar-refractivity contribution in [2.75, 3.05) is 0 Å². The third-order valence-electron chi connectivity index (χ3n) is 4.43. The van der Waals surface area contributed by atoms with E-state index in [9.17, 15) is 4.79 Å². The Labute approximate surface area is 152 Å². The van der Waals surface area contributed by atoms with Gasteiger partial charge in [0.1, 0.15) is 5.69 Å². The highest BCUT2D eigenvalue weighted by molar-refractivity contribution is 5.98. The van der Waals surface area contributed by atoms with Crippen molar-refractivity contribution >= 4 is 16.8 Å². The molecule has 0 unspecified atom stereocenters. The minimum Gasteiger partial charge on any atom is -0.347 e. The topological polar surface area (TPSA) is 46.9 Å². The number of pyridine rings is 1. The van der Waals surface area contributed by atoms with Crippen LogP contribution in [0.2, 0.25) is 0 Å². The number of amides is 1. The van der Waals surface area contributed by atoms with E-state index >= 15 is 0 Å². The van der Waals surface area contributed by atoms with Crippen molar-refractivity contribution in [2.45, 2.75) is 13.1 Å². The van der Waals surface area contributed by atoms with E-state index in [1.165, 1.54) is 0 Å². The molecular weight excluding hydrogens is 322 g/mol. The number of nitrogens with one attached hydrogen (secondary N) is 1. The number of carbonyl (C=O) groups excluding carboxylic acids is 1. The molecule has 1 N–H and O–H groups in total. The predicted molar refractivity (Wildman–Crippen MR) is 103 cm³/mol. The Kier molecular flexibility index (Phi) is 4.48. The van der Waals surface area contributed by atoms with Gasteiger partial charge in [0.2, 0.25) is 0 Å². The Morgan fingerprint density at radius 1 is 0.885 bits per heavy atom. The van der Waals surface area contributed by atoms with Crippen LogP contribution in [0, 0.1) is 0 Å². The zero-order valence-corrected chi connectivity index (χ0v) is 14.3. The van der Waals surface area contributed by atoms with Crippen LogP contribution < -0.4 is 5.32 Å². The molecule has 1 amide bonds. The van der Waals surface area contributed by atoms with Crippen molar-refractivity contribution in [2.24, 2.45) is 0 Å². The summed E-state index contributed by atoms with van der Waals surface area (Å²) in [5, 5.41) is 4.09. The van der Waals surface area contributed by atoms with Gasteiger partial charge in [0.05, 0.1) is 0 Å². The van der Waals surface area contributed by atoms with E-state index in [0.29, 0.717) is 18.8 Å². The fourth-order valence-electron chi connectivity index (χ4n) is 3.11.